The first-order chi connectivity index (χ1) is 11.8. The van der Waals surface area contributed by atoms with Gasteiger partial charge in [0.15, 0.2) is 0 Å². The summed E-state index contributed by atoms with van der Waals surface area (Å²) >= 11 is 0. The van der Waals surface area contributed by atoms with Crippen LogP contribution in [0.1, 0.15) is 44.0 Å². The van der Waals surface area contributed by atoms with Crippen LogP contribution < -0.4 is 5.32 Å². The van der Waals surface area contributed by atoms with Gasteiger partial charge in [0.05, 0.1) is 20.6 Å². The Balaban J connectivity index is 3.25. The van der Waals surface area contributed by atoms with E-state index < -0.39 is 23.4 Å². The molecule has 0 bridgehead atoms. The van der Waals surface area contributed by atoms with Crippen molar-refractivity contribution in [2.45, 2.75) is 39.2 Å². The van der Waals surface area contributed by atoms with E-state index in [9.17, 15) is 14.4 Å². The van der Waals surface area contributed by atoms with E-state index in [1.54, 1.807) is 37.3 Å². The number of nitrogens with one attached hydrogen (secondary N) is 1. The van der Waals surface area contributed by atoms with Gasteiger partial charge >= 0.3 is 11.9 Å². The van der Waals surface area contributed by atoms with E-state index in [-0.39, 0.29) is 18.2 Å². The van der Waals surface area contributed by atoms with Crippen molar-refractivity contribution in [3.63, 3.8) is 0 Å². The standard InChI is InChI=1S/C19H27NO5/c1-13(2)12-19(18(23)25-5,14(3)11-16(21)24-4)20-17(22)15-9-7-6-8-10-15/h6-10,13-14H,11-12H2,1-5H3,(H,20,22)/t14-,19?/m1/s1. The maximum atomic E-state index is 12.7. The Labute approximate surface area is 148 Å². The summed E-state index contributed by atoms with van der Waals surface area (Å²) in [6, 6.07) is 8.62. The molecular formula is C19H27NO5. The van der Waals surface area contributed by atoms with Gasteiger partial charge in [-0.3, -0.25) is 9.59 Å². The normalized spacial score (nSPS) is 14.3. The summed E-state index contributed by atoms with van der Waals surface area (Å²) in [5.41, 5.74) is -0.880. The molecule has 25 heavy (non-hydrogen) atoms. The number of methoxy groups -OCH3 is 2. The lowest BCUT2D eigenvalue weighted by atomic mass is 9.76. The minimum absolute atomic E-state index is 0.00656. The third kappa shape index (κ3) is 5.31. The van der Waals surface area contributed by atoms with E-state index in [4.69, 9.17) is 9.47 Å². The van der Waals surface area contributed by atoms with Crippen LogP contribution in [0.5, 0.6) is 0 Å². The van der Waals surface area contributed by atoms with Gasteiger partial charge in [0.25, 0.3) is 5.91 Å². The molecule has 138 valence electrons. The third-order valence-corrected chi connectivity index (χ3v) is 4.19. The van der Waals surface area contributed by atoms with Crippen molar-refractivity contribution in [3.05, 3.63) is 35.9 Å². The van der Waals surface area contributed by atoms with Gasteiger partial charge in [0.1, 0.15) is 5.54 Å². The molecule has 0 heterocycles. The summed E-state index contributed by atoms with van der Waals surface area (Å²) < 4.78 is 9.70. The number of ether oxygens (including phenoxy) is 2. The minimum atomic E-state index is -1.32. The number of esters is 2. The van der Waals surface area contributed by atoms with Gasteiger partial charge in [0, 0.05) is 11.5 Å². The van der Waals surface area contributed by atoms with E-state index >= 15 is 0 Å². The monoisotopic (exact) mass is 349 g/mol. The molecule has 1 aromatic rings. The highest BCUT2D eigenvalue weighted by atomic mass is 16.5. The van der Waals surface area contributed by atoms with Gasteiger partial charge in [0.2, 0.25) is 0 Å². The first kappa shape index (κ1) is 20.7. The Morgan fingerprint density at radius 3 is 2.12 bits per heavy atom. The summed E-state index contributed by atoms with van der Waals surface area (Å²) in [5, 5.41) is 2.84. The molecule has 1 amide bonds. The van der Waals surface area contributed by atoms with Gasteiger partial charge in [-0.15, -0.1) is 0 Å². The van der Waals surface area contributed by atoms with Crippen molar-refractivity contribution in [2.75, 3.05) is 14.2 Å². The predicted molar refractivity (Wildman–Crippen MR) is 93.9 cm³/mol. The summed E-state index contributed by atoms with van der Waals surface area (Å²) in [6.45, 7) is 5.62. The molecule has 1 N–H and O–H groups in total. The summed E-state index contributed by atoms with van der Waals surface area (Å²) in [4.78, 5) is 37.1. The molecule has 0 saturated carbocycles. The van der Waals surface area contributed by atoms with Crippen LogP contribution in [0, 0.1) is 11.8 Å². The highest BCUT2D eigenvalue weighted by Crippen LogP contribution is 2.30. The molecule has 0 aliphatic rings. The Morgan fingerprint density at radius 1 is 1.04 bits per heavy atom. The average molecular weight is 349 g/mol. The van der Waals surface area contributed by atoms with Crippen LogP contribution in [0.3, 0.4) is 0 Å². The molecule has 1 rings (SSSR count). The fourth-order valence-electron chi connectivity index (χ4n) is 2.91. The van der Waals surface area contributed by atoms with Crippen molar-refractivity contribution >= 4 is 17.8 Å². The lowest BCUT2D eigenvalue weighted by molar-refractivity contribution is -0.153. The number of hydrogen-bond donors (Lipinski definition) is 1. The van der Waals surface area contributed by atoms with Crippen molar-refractivity contribution < 1.29 is 23.9 Å². The topological polar surface area (TPSA) is 81.7 Å². The molecule has 0 aromatic heterocycles. The van der Waals surface area contributed by atoms with Gasteiger partial charge in [-0.1, -0.05) is 39.0 Å². The zero-order valence-electron chi connectivity index (χ0n) is 15.5. The van der Waals surface area contributed by atoms with Gasteiger partial charge in [-0.05, 0) is 24.5 Å². The summed E-state index contributed by atoms with van der Waals surface area (Å²) in [7, 11) is 2.57. The zero-order chi connectivity index (χ0) is 19.0. The third-order valence-electron chi connectivity index (χ3n) is 4.19. The predicted octanol–water partition coefficient (Wildman–Crippen LogP) is 2.57. The van der Waals surface area contributed by atoms with Crippen LogP contribution in [0.25, 0.3) is 0 Å². The van der Waals surface area contributed by atoms with Crippen LogP contribution in [-0.4, -0.2) is 37.6 Å². The Kier molecular flexibility index (Phi) is 7.61. The fourth-order valence-corrected chi connectivity index (χ4v) is 2.91. The van der Waals surface area contributed by atoms with Crippen LogP contribution in [0.2, 0.25) is 0 Å². The van der Waals surface area contributed by atoms with E-state index in [0.717, 1.165) is 0 Å². The van der Waals surface area contributed by atoms with Gasteiger partial charge in [-0.25, -0.2) is 4.79 Å². The Morgan fingerprint density at radius 2 is 1.64 bits per heavy atom. The maximum absolute atomic E-state index is 12.7. The second-order valence-electron chi connectivity index (χ2n) is 6.56. The van der Waals surface area contributed by atoms with Crippen LogP contribution in [0.4, 0.5) is 0 Å². The molecule has 0 radical (unpaired) electrons. The van der Waals surface area contributed by atoms with E-state index in [0.29, 0.717) is 12.0 Å². The first-order valence-corrected chi connectivity index (χ1v) is 8.29. The largest absolute Gasteiger partial charge is 0.469 e. The molecule has 1 aromatic carbocycles. The fraction of sp³-hybridized carbons (Fsp3) is 0.526. The molecule has 2 atom stereocenters. The smallest absolute Gasteiger partial charge is 0.331 e. The second-order valence-corrected chi connectivity index (χ2v) is 6.56. The summed E-state index contributed by atoms with van der Waals surface area (Å²) in [5.74, 6) is -1.80. The average Bonchev–Trinajstić information content (AvgIpc) is 2.60. The van der Waals surface area contributed by atoms with E-state index in [1.165, 1.54) is 14.2 Å². The number of benzene rings is 1. The second kappa shape index (κ2) is 9.20. The SMILES string of the molecule is COC(=O)C[C@@H](C)C(CC(C)C)(NC(=O)c1ccccc1)C(=O)OC. The van der Waals surface area contributed by atoms with Crippen LogP contribution >= 0.6 is 0 Å². The number of hydrogen-bond acceptors (Lipinski definition) is 5. The van der Waals surface area contributed by atoms with Gasteiger partial charge in [-0.2, -0.15) is 0 Å². The molecule has 0 aliphatic carbocycles. The van der Waals surface area contributed by atoms with Crippen molar-refractivity contribution in [3.8, 4) is 0 Å². The molecule has 0 aliphatic heterocycles. The minimum Gasteiger partial charge on any atom is -0.469 e. The Bertz CT molecular complexity index is 599. The van der Waals surface area contributed by atoms with Gasteiger partial charge < -0.3 is 14.8 Å². The van der Waals surface area contributed by atoms with Crippen LogP contribution in [-0.2, 0) is 19.1 Å². The molecule has 0 saturated heterocycles. The highest BCUT2D eigenvalue weighted by molar-refractivity contribution is 5.98. The number of amides is 1. The molecule has 0 fully saturated rings. The van der Waals surface area contributed by atoms with Crippen molar-refractivity contribution in [2.24, 2.45) is 11.8 Å². The molecule has 0 spiro atoms. The Hall–Kier alpha value is -2.37. The summed E-state index contributed by atoms with van der Waals surface area (Å²) in [6.07, 6.45) is 0.337. The molecule has 6 nitrogen and oxygen atoms in total. The molecule has 1 unspecified atom stereocenters. The zero-order valence-corrected chi connectivity index (χ0v) is 15.5. The molecule has 6 heteroatoms. The lowest BCUT2D eigenvalue weighted by Gasteiger charge is -2.38. The van der Waals surface area contributed by atoms with E-state index in [1.807, 2.05) is 13.8 Å². The molecular weight excluding hydrogens is 322 g/mol. The maximum Gasteiger partial charge on any atom is 0.331 e. The quantitative estimate of drug-likeness (QED) is 0.730. The number of carbonyl (C=O) groups excluding carboxylic acids is 3. The number of rotatable bonds is 8. The van der Waals surface area contributed by atoms with Crippen molar-refractivity contribution in [1.82, 2.24) is 5.32 Å². The van der Waals surface area contributed by atoms with Crippen molar-refractivity contribution in [1.29, 1.82) is 0 Å². The first-order valence-electron chi connectivity index (χ1n) is 8.29. The highest BCUT2D eigenvalue weighted by Gasteiger charge is 2.47. The van der Waals surface area contributed by atoms with Crippen LogP contribution in [0.15, 0.2) is 30.3 Å². The lowest BCUT2D eigenvalue weighted by Crippen LogP contribution is -2.60. The van der Waals surface area contributed by atoms with E-state index in [2.05, 4.69) is 5.32 Å². The number of carbonyl (C=O) groups is 3.